The van der Waals surface area contributed by atoms with Crippen LogP contribution in [0.25, 0.3) is 11.0 Å². The SMILES string of the molecule is COc1ccc2ncc(F)c(NC(=O)[C@H]3C[C@H]4CN(Cc5ccccc5)O[C@H]4C3)c2n1. The molecule has 2 aliphatic rings. The number of methoxy groups -OCH3 is 1. The first kappa shape index (κ1) is 19.8. The molecule has 0 unspecified atom stereocenters. The fourth-order valence-corrected chi connectivity index (χ4v) is 4.49. The van der Waals surface area contributed by atoms with Gasteiger partial charge in [0, 0.05) is 31.0 Å². The van der Waals surface area contributed by atoms with Crippen molar-refractivity contribution in [2.75, 3.05) is 19.0 Å². The van der Waals surface area contributed by atoms with E-state index < -0.39 is 5.82 Å². The number of hydrogen-bond donors (Lipinski definition) is 1. The molecule has 2 fully saturated rings. The smallest absolute Gasteiger partial charge is 0.227 e. The number of rotatable bonds is 5. The highest BCUT2D eigenvalue weighted by Gasteiger charge is 2.44. The standard InChI is InChI=1S/C23H23FN4O3/c1-30-20-8-7-18-22(26-20)21(17(24)11-25-18)27-23(29)15-9-16-13-28(31-19(16)10-15)12-14-5-3-2-4-6-14/h2-8,11,15-16,19H,9-10,12-13H2,1H3,(H,25,27,29)/t15-,16-,19-/m0/s1. The molecular weight excluding hydrogens is 399 g/mol. The second-order valence-electron chi connectivity index (χ2n) is 8.07. The lowest BCUT2D eigenvalue weighted by Crippen LogP contribution is -2.25. The second-order valence-corrected chi connectivity index (χ2v) is 8.07. The topological polar surface area (TPSA) is 76.6 Å². The van der Waals surface area contributed by atoms with Crippen molar-refractivity contribution in [3.8, 4) is 5.88 Å². The van der Waals surface area contributed by atoms with Gasteiger partial charge in [-0.25, -0.2) is 9.37 Å². The van der Waals surface area contributed by atoms with Gasteiger partial charge in [-0.3, -0.25) is 14.6 Å². The fraction of sp³-hybridized carbons (Fsp3) is 0.348. The molecule has 1 N–H and O–H groups in total. The van der Waals surface area contributed by atoms with Crippen LogP contribution in [-0.4, -0.2) is 40.7 Å². The van der Waals surface area contributed by atoms with Crippen LogP contribution in [0.3, 0.4) is 0 Å². The molecular formula is C23H23FN4O3. The van der Waals surface area contributed by atoms with Gasteiger partial charge in [-0.2, -0.15) is 5.06 Å². The molecule has 8 heteroatoms. The first-order valence-corrected chi connectivity index (χ1v) is 10.4. The normalized spacial score (nSPS) is 23.1. The summed E-state index contributed by atoms with van der Waals surface area (Å²) in [6.45, 7) is 1.51. The maximum absolute atomic E-state index is 14.5. The minimum absolute atomic E-state index is 0.0108. The number of hydroxylamine groups is 2. The van der Waals surface area contributed by atoms with Gasteiger partial charge < -0.3 is 10.1 Å². The molecule has 0 radical (unpaired) electrons. The molecule has 0 bridgehead atoms. The number of aromatic nitrogens is 2. The number of ether oxygens (including phenoxy) is 1. The zero-order valence-electron chi connectivity index (χ0n) is 17.1. The molecule has 5 rings (SSSR count). The molecule has 1 amide bonds. The van der Waals surface area contributed by atoms with Crippen molar-refractivity contribution in [1.29, 1.82) is 0 Å². The van der Waals surface area contributed by atoms with Crippen molar-refractivity contribution >= 4 is 22.6 Å². The van der Waals surface area contributed by atoms with Crippen molar-refractivity contribution in [2.45, 2.75) is 25.5 Å². The molecule has 31 heavy (non-hydrogen) atoms. The lowest BCUT2D eigenvalue weighted by Gasteiger charge is -2.18. The molecule has 1 aliphatic heterocycles. The van der Waals surface area contributed by atoms with Gasteiger partial charge in [-0.1, -0.05) is 30.3 Å². The highest BCUT2D eigenvalue weighted by atomic mass is 19.1. The molecule has 160 valence electrons. The molecule has 1 saturated heterocycles. The van der Waals surface area contributed by atoms with Crippen LogP contribution in [0, 0.1) is 17.7 Å². The number of anilines is 1. The average molecular weight is 422 g/mol. The van der Waals surface area contributed by atoms with E-state index in [1.807, 2.05) is 23.3 Å². The van der Waals surface area contributed by atoms with Gasteiger partial charge in [-0.05, 0) is 24.5 Å². The summed E-state index contributed by atoms with van der Waals surface area (Å²) in [5.74, 6) is -0.453. The Morgan fingerprint density at radius 2 is 2.10 bits per heavy atom. The number of nitrogens with one attached hydrogen (secondary N) is 1. The summed E-state index contributed by atoms with van der Waals surface area (Å²) in [6.07, 6.45) is 2.43. The van der Waals surface area contributed by atoms with Crippen LogP contribution in [0.1, 0.15) is 18.4 Å². The van der Waals surface area contributed by atoms with Crippen LogP contribution in [0.2, 0.25) is 0 Å². The maximum Gasteiger partial charge on any atom is 0.227 e. The summed E-state index contributed by atoms with van der Waals surface area (Å²) < 4.78 is 19.6. The molecule has 1 aromatic carbocycles. The monoisotopic (exact) mass is 422 g/mol. The van der Waals surface area contributed by atoms with E-state index >= 15 is 0 Å². The number of hydrogen-bond acceptors (Lipinski definition) is 6. The van der Waals surface area contributed by atoms with E-state index in [0.717, 1.165) is 19.3 Å². The zero-order valence-corrected chi connectivity index (χ0v) is 17.1. The average Bonchev–Trinajstić information content (AvgIpc) is 3.35. The predicted octanol–water partition coefficient (Wildman–Crippen LogP) is 3.56. The quantitative estimate of drug-likeness (QED) is 0.678. The van der Waals surface area contributed by atoms with Crippen LogP contribution in [0.5, 0.6) is 5.88 Å². The first-order valence-electron chi connectivity index (χ1n) is 10.4. The third kappa shape index (κ3) is 3.96. The van der Waals surface area contributed by atoms with Crippen molar-refractivity contribution in [3.05, 3.63) is 60.0 Å². The third-order valence-corrected chi connectivity index (χ3v) is 6.02. The lowest BCUT2D eigenvalue weighted by molar-refractivity contribution is -0.155. The minimum atomic E-state index is -0.620. The van der Waals surface area contributed by atoms with Crippen molar-refractivity contribution in [3.63, 3.8) is 0 Å². The molecule has 3 atom stereocenters. The van der Waals surface area contributed by atoms with Gasteiger partial charge in [0.2, 0.25) is 11.8 Å². The van der Waals surface area contributed by atoms with Crippen LogP contribution >= 0.6 is 0 Å². The summed E-state index contributed by atoms with van der Waals surface area (Å²) in [5, 5.41) is 4.72. The van der Waals surface area contributed by atoms with E-state index in [1.54, 1.807) is 12.1 Å². The van der Waals surface area contributed by atoms with E-state index in [0.29, 0.717) is 24.2 Å². The first-order chi connectivity index (χ1) is 15.1. The van der Waals surface area contributed by atoms with Crippen LogP contribution in [0.4, 0.5) is 10.1 Å². The van der Waals surface area contributed by atoms with E-state index in [2.05, 4.69) is 27.4 Å². The van der Waals surface area contributed by atoms with E-state index in [4.69, 9.17) is 9.57 Å². The molecule has 2 aromatic heterocycles. The molecule has 3 heterocycles. The van der Waals surface area contributed by atoms with Crippen LogP contribution in [-0.2, 0) is 16.2 Å². The summed E-state index contributed by atoms with van der Waals surface area (Å²) in [7, 11) is 1.48. The Morgan fingerprint density at radius 3 is 2.87 bits per heavy atom. The Labute approximate surface area is 179 Å². The molecule has 3 aromatic rings. The van der Waals surface area contributed by atoms with Gasteiger partial charge in [-0.15, -0.1) is 0 Å². The number of pyridine rings is 2. The van der Waals surface area contributed by atoms with Crippen LogP contribution < -0.4 is 10.1 Å². The molecule has 1 aliphatic carbocycles. The highest BCUT2D eigenvalue weighted by molar-refractivity contribution is 6.00. The Bertz CT molecular complexity index is 1100. The number of fused-ring (bicyclic) bond motifs is 2. The summed E-state index contributed by atoms with van der Waals surface area (Å²) >= 11 is 0. The van der Waals surface area contributed by atoms with Crippen LogP contribution in [0.15, 0.2) is 48.7 Å². The van der Waals surface area contributed by atoms with Gasteiger partial charge in [0.15, 0.2) is 5.82 Å². The minimum Gasteiger partial charge on any atom is -0.481 e. The van der Waals surface area contributed by atoms with E-state index in [-0.39, 0.29) is 35.1 Å². The van der Waals surface area contributed by atoms with Gasteiger partial charge in [0.05, 0.1) is 24.9 Å². The number of carbonyl (C=O) groups is 1. The second kappa shape index (κ2) is 8.20. The number of benzene rings is 1. The van der Waals surface area contributed by atoms with Crippen molar-refractivity contribution < 1.29 is 18.8 Å². The van der Waals surface area contributed by atoms with Crippen molar-refractivity contribution in [2.24, 2.45) is 11.8 Å². The number of carbonyl (C=O) groups excluding carboxylic acids is 1. The Morgan fingerprint density at radius 1 is 1.26 bits per heavy atom. The lowest BCUT2D eigenvalue weighted by atomic mass is 10.0. The Kier molecular flexibility index (Phi) is 5.25. The molecule has 0 spiro atoms. The summed E-state index contributed by atoms with van der Waals surface area (Å²) in [4.78, 5) is 27.3. The van der Waals surface area contributed by atoms with E-state index in [9.17, 15) is 9.18 Å². The Hall–Kier alpha value is -3.10. The number of amides is 1. The van der Waals surface area contributed by atoms with Crippen molar-refractivity contribution in [1.82, 2.24) is 15.0 Å². The largest absolute Gasteiger partial charge is 0.481 e. The Balaban J connectivity index is 1.26. The van der Waals surface area contributed by atoms with E-state index in [1.165, 1.54) is 12.7 Å². The number of nitrogens with zero attached hydrogens (tertiary/aromatic N) is 3. The third-order valence-electron chi connectivity index (χ3n) is 6.02. The zero-order chi connectivity index (χ0) is 21.4. The van der Waals surface area contributed by atoms with Gasteiger partial charge in [0.1, 0.15) is 11.2 Å². The highest BCUT2D eigenvalue weighted by Crippen LogP contribution is 2.40. The van der Waals surface area contributed by atoms with Gasteiger partial charge in [0.25, 0.3) is 0 Å². The fourth-order valence-electron chi connectivity index (χ4n) is 4.49. The molecule has 7 nitrogen and oxygen atoms in total. The maximum atomic E-state index is 14.5. The molecule has 1 saturated carbocycles. The summed E-state index contributed by atoms with van der Waals surface area (Å²) in [5.41, 5.74) is 1.99. The predicted molar refractivity (Wildman–Crippen MR) is 113 cm³/mol. The van der Waals surface area contributed by atoms with Gasteiger partial charge >= 0.3 is 0 Å². The summed E-state index contributed by atoms with van der Waals surface area (Å²) in [6, 6.07) is 13.5. The number of halogens is 1.